The van der Waals surface area contributed by atoms with Gasteiger partial charge in [0, 0.05) is 21.9 Å². The highest BCUT2D eigenvalue weighted by Crippen LogP contribution is 2.33. The lowest BCUT2D eigenvalue weighted by atomic mass is 10.0. The molecule has 1 fully saturated rings. The smallest absolute Gasteiger partial charge is 0.310 e. The van der Waals surface area contributed by atoms with Gasteiger partial charge in [0.15, 0.2) is 0 Å². The molecular weight excluding hydrogens is 354 g/mol. The average molecular weight is 369 g/mol. The molecule has 2 unspecified atom stereocenters. The number of carbonyl (C=O) groups is 1. The zero-order chi connectivity index (χ0) is 14.0. The van der Waals surface area contributed by atoms with E-state index in [0.717, 1.165) is 20.2 Å². The number of rotatable bonds is 5. The molecule has 4 nitrogen and oxygen atoms in total. The lowest BCUT2D eigenvalue weighted by molar-refractivity contribution is -0.143. The van der Waals surface area contributed by atoms with Gasteiger partial charge < -0.3 is 9.84 Å². The highest BCUT2D eigenvalue weighted by atomic mass is 79.9. The van der Waals surface area contributed by atoms with Crippen LogP contribution in [0.4, 0.5) is 0 Å². The number of hydrogen-bond donors (Lipinski definition) is 1. The average Bonchev–Trinajstić information content (AvgIpc) is 2.94. The van der Waals surface area contributed by atoms with Crippen molar-refractivity contribution in [3.8, 4) is 0 Å². The van der Waals surface area contributed by atoms with E-state index in [1.807, 2.05) is 13.0 Å². The van der Waals surface area contributed by atoms with Crippen molar-refractivity contribution in [1.82, 2.24) is 4.90 Å². The van der Waals surface area contributed by atoms with E-state index >= 15 is 0 Å². The number of thiophene rings is 1. The molecule has 0 radical (unpaired) electrons. The number of hydrogen-bond acceptors (Lipinski definition) is 4. The van der Waals surface area contributed by atoms with E-state index in [1.165, 1.54) is 11.3 Å². The van der Waals surface area contributed by atoms with Crippen LogP contribution in [0.5, 0.6) is 0 Å². The minimum Gasteiger partial charge on any atom is -0.481 e. The largest absolute Gasteiger partial charge is 0.481 e. The van der Waals surface area contributed by atoms with Crippen molar-refractivity contribution < 1.29 is 14.6 Å². The Bertz CT molecular complexity index is 448. The van der Waals surface area contributed by atoms with Gasteiger partial charge in [0.25, 0.3) is 0 Å². The molecule has 106 valence electrons. The second-order valence-corrected chi connectivity index (χ2v) is 7.04. The van der Waals surface area contributed by atoms with Gasteiger partial charge in [-0.3, -0.25) is 9.69 Å². The van der Waals surface area contributed by atoms with Crippen molar-refractivity contribution in [2.45, 2.75) is 19.5 Å². The molecule has 2 rings (SSSR count). The zero-order valence-corrected chi connectivity index (χ0v) is 13.6. The first kappa shape index (κ1) is 15.3. The van der Waals surface area contributed by atoms with Crippen molar-refractivity contribution in [3.63, 3.8) is 0 Å². The summed E-state index contributed by atoms with van der Waals surface area (Å²) >= 11 is 10.9. The van der Waals surface area contributed by atoms with Crippen molar-refractivity contribution in [2.24, 2.45) is 5.92 Å². The molecule has 1 aromatic rings. The monoisotopic (exact) mass is 367 g/mol. The molecule has 0 spiro atoms. The summed E-state index contributed by atoms with van der Waals surface area (Å²) in [6, 6.07) is 1.92. The summed E-state index contributed by atoms with van der Waals surface area (Å²) in [5.41, 5.74) is 0. The Morgan fingerprint density at radius 3 is 2.95 bits per heavy atom. The lowest BCUT2D eigenvalue weighted by Gasteiger charge is -2.28. The number of aliphatic carboxylic acids is 1. The van der Waals surface area contributed by atoms with Crippen LogP contribution in [0, 0.1) is 5.92 Å². The third kappa shape index (κ3) is 3.49. The molecule has 1 N–H and O–H groups in total. The summed E-state index contributed by atoms with van der Waals surface area (Å²) in [7, 11) is 0. The van der Waals surface area contributed by atoms with Crippen LogP contribution in [0.15, 0.2) is 10.5 Å². The minimum atomic E-state index is -0.786. The number of ether oxygens (including phenoxy) is 1. The van der Waals surface area contributed by atoms with E-state index in [-0.39, 0.29) is 6.04 Å². The van der Waals surface area contributed by atoms with Gasteiger partial charge in [0.05, 0.1) is 19.1 Å². The molecule has 1 aliphatic heterocycles. The van der Waals surface area contributed by atoms with Gasteiger partial charge in [-0.05, 0) is 28.5 Å². The molecule has 0 aromatic carbocycles. The lowest BCUT2D eigenvalue weighted by Crippen LogP contribution is -2.42. The van der Waals surface area contributed by atoms with E-state index in [1.54, 1.807) is 0 Å². The Labute approximate surface area is 129 Å². The summed E-state index contributed by atoms with van der Waals surface area (Å²) in [5.74, 6) is -1.23. The molecular formula is C12H15BrClNO3S. The SMILES string of the molecule is CCN(Cc1cc(Br)c(Cl)s1)C1COCC1C(=O)O. The van der Waals surface area contributed by atoms with Crippen molar-refractivity contribution in [1.29, 1.82) is 0 Å². The second-order valence-electron chi connectivity index (χ2n) is 4.45. The van der Waals surface area contributed by atoms with Crippen LogP contribution in [-0.4, -0.2) is 41.8 Å². The highest BCUT2D eigenvalue weighted by molar-refractivity contribution is 9.10. The van der Waals surface area contributed by atoms with Crippen LogP contribution in [0.25, 0.3) is 0 Å². The number of nitrogens with zero attached hydrogens (tertiary/aromatic N) is 1. The maximum atomic E-state index is 11.2. The Hall–Kier alpha value is -0.140. The first-order valence-corrected chi connectivity index (χ1v) is 8.00. The van der Waals surface area contributed by atoms with E-state index in [0.29, 0.717) is 19.8 Å². The fourth-order valence-electron chi connectivity index (χ4n) is 2.27. The summed E-state index contributed by atoms with van der Waals surface area (Å²) in [6.07, 6.45) is 0. The van der Waals surface area contributed by atoms with Crippen LogP contribution in [0.1, 0.15) is 11.8 Å². The molecule has 0 amide bonds. The standard InChI is InChI=1S/C12H15BrClNO3S/c1-2-15(4-7-3-9(13)11(14)19-7)10-6-18-5-8(10)12(16)17/h3,8,10H,2,4-6H2,1H3,(H,16,17). The first-order valence-electron chi connectivity index (χ1n) is 6.01. The predicted molar refractivity (Wildman–Crippen MR) is 78.8 cm³/mol. The maximum Gasteiger partial charge on any atom is 0.310 e. The van der Waals surface area contributed by atoms with Crippen LogP contribution in [0.3, 0.4) is 0 Å². The highest BCUT2D eigenvalue weighted by Gasteiger charge is 2.37. The molecule has 19 heavy (non-hydrogen) atoms. The van der Waals surface area contributed by atoms with Gasteiger partial charge in [-0.25, -0.2) is 0 Å². The Balaban J connectivity index is 2.09. The molecule has 0 saturated carbocycles. The molecule has 7 heteroatoms. The summed E-state index contributed by atoms with van der Waals surface area (Å²) in [6.45, 7) is 4.28. The number of likely N-dealkylation sites (N-methyl/N-ethyl adjacent to an activating group) is 1. The summed E-state index contributed by atoms with van der Waals surface area (Å²) in [5, 5.41) is 9.21. The molecule has 1 aliphatic rings. The van der Waals surface area contributed by atoms with E-state index in [9.17, 15) is 9.90 Å². The molecule has 0 bridgehead atoms. The van der Waals surface area contributed by atoms with Gasteiger partial charge in [-0.2, -0.15) is 0 Å². The van der Waals surface area contributed by atoms with Crippen LogP contribution in [-0.2, 0) is 16.1 Å². The molecule has 1 aromatic heterocycles. The third-order valence-corrected chi connectivity index (χ3v) is 5.76. The quantitative estimate of drug-likeness (QED) is 0.868. The number of halogens is 2. The fraction of sp³-hybridized carbons (Fsp3) is 0.583. The first-order chi connectivity index (χ1) is 9.02. The molecule has 0 aliphatic carbocycles. The maximum absolute atomic E-state index is 11.2. The van der Waals surface area contributed by atoms with Crippen LogP contribution < -0.4 is 0 Å². The van der Waals surface area contributed by atoms with E-state index in [2.05, 4.69) is 20.8 Å². The van der Waals surface area contributed by atoms with Crippen LogP contribution >= 0.6 is 38.9 Å². The van der Waals surface area contributed by atoms with Crippen LogP contribution in [0.2, 0.25) is 4.34 Å². The van der Waals surface area contributed by atoms with Gasteiger partial charge >= 0.3 is 5.97 Å². The van der Waals surface area contributed by atoms with Gasteiger partial charge in [0.2, 0.25) is 0 Å². The molecule has 2 atom stereocenters. The Morgan fingerprint density at radius 2 is 2.42 bits per heavy atom. The predicted octanol–water partition coefficient (Wildman–Crippen LogP) is 3.09. The van der Waals surface area contributed by atoms with Crippen molar-refractivity contribution >= 4 is 44.8 Å². The van der Waals surface area contributed by atoms with Gasteiger partial charge in [0.1, 0.15) is 4.34 Å². The Kier molecular flexibility index (Phi) is 5.25. The van der Waals surface area contributed by atoms with Crippen molar-refractivity contribution in [2.75, 3.05) is 19.8 Å². The zero-order valence-electron chi connectivity index (χ0n) is 10.4. The normalized spacial score (nSPS) is 23.2. The van der Waals surface area contributed by atoms with Crippen molar-refractivity contribution in [3.05, 3.63) is 19.8 Å². The van der Waals surface area contributed by atoms with Gasteiger partial charge in [-0.1, -0.05) is 18.5 Å². The number of carboxylic acids is 1. The second kappa shape index (κ2) is 6.54. The number of carboxylic acid groups (broad SMARTS) is 1. The molecule has 2 heterocycles. The Morgan fingerprint density at radius 1 is 1.68 bits per heavy atom. The summed E-state index contributed by atoms with van der Waals surface area (Å²) in [4.78, 5) is 14.5. The fourth-order valence-corrected chi connectivity index (χ4v) is 4.09. The molecule has 1 saturated heterocycles. The van der Waals surface area contributed by atoms with E-state index < -0.39 is 11.9 Å². The minimum absolute atomic E-state index is 0.0675. The topological polar surface area (TPSA) is 49.8 Å². The van der Waals surface area contributed by atoms with E-state index in [4.69, 9.17) is 16.3 Å². The summed E-state index contributed by atoms with van der Waals surface area (Å²) < 4.78 is 6.94. The van der Waals surface area contributed by atoms with Gasteiger partial charge in [-0.15, -0.1) is 11.3 Å². The third-order valence-electron chi connectivity index (χ3n) is 3.30.